The van der Waals surface area contributed by atoms with Crippen LogP contribution in [0.15, 0.2) is 24.5 Å². The third-order valence-electron chi connectivity index (χ3n) is 3.11. The van der Waals surface area contributed by atoms with Crippen LogP contribution in [0.5, 0.6) is 0 Å². The van der Waals surface area contributed by atoms with E-state index >= 15 is 0 Å². The average molecular weight is 275 g/mol. The van der Waals surface area contributed by atoms with E-state index in [1.165, 1.54) is 0 Å². The van der Waals surface area contributed by atoms with Gasteiger partial charge in [0.05, 0.1) is 13.2 Å². The summed E-state index contributed by atoms with van der Waals surface area (Å²) in [5.41, 5.74) is 0.0571. The molecule has 2 aliphatic heterocycles. The van der Waals surface area contributed by atoms with Crippen LogP contribution in [0.25, 0.3) is 0 Å². The van der Waals surface area contributed by atoms with Gasteiger partial charge in [0.1, 0.15) is 11.5 Å². The molecule has 0 atom stereocenters. The summed E-state index contributed by atoms with van der Waals surface area (Å²) >= 11 is 0. The number of ether oxygens (including phenoxy) is 1. The van der Waals surface area contributed by atoms with Crippen molar-refractivity contribution in [1.82, 2.24) is 15.3 Å². The maximum absolute atomic E-state index is 11.7. The fourth-order valence-corrected chi connectivity index (χ4v) is 2.07. The van der Waals surface area contributed by atoms with E-state index in [0.717, 1.165) is 4.90 Å². The molecular weight excluding hydrogens is 262 g/mol. The number of amides is 3. The van der Waals surface area contributed by atoms with Gasteiger partial charge in [-0.3, -0.25) is 10.1 Å². The molecule has 0 unspecified atom stereocenters. The van der Waals surface area contributed by atoms with E-state index in [1.54, 1.807) is 12.3 Å². The zero-order valence-electron chi connectivity index (χ0n) is 10.7. The lowest BCUT2D eigenvalue weighted by Crippen LogP contribution is -2.37. The summed E-state index contributed by atoms with van der Waals surface area (Å²) < 4.78 is 5.27. The topological polar surface area (TPSA) is 87.7 Å². The molecule has 1 aromatic heterocycles. The van der Waals surface area contributed by atoms with E-state index in [-0.39, 0.29) is 5.70 Å². The summed E-state index contributed by atoms with van der Waals surface area (Å²) in [6.07, 6.45) is 1.55. The third-order valence-corrected chi connectivity index (χ3v) is 3.11. The molecule has 3 heterocycles. The first-order valence-corrected chi connectivity index (χ1v) is 6.17. The van der Waals surface area contributed by atoms with Crippen LogP contribution in [0, 0.1) is 0 Å². The predicted octanol–water partition coefficient (Wildman–Crippen LogP) is -0.117. The number of carbonyl (C=O) groups is 2. The van der Waals surface area contributed by atoms with Crippen molar-refractivity contribution >= 4 is 23.7 Å². The Balaban J connectivity index is 1.89. The molecule has 8 heteroatoms. The standard InChI is InChI=1S/C12H13N5O3/c1-8-10(18)15-12(19)17(8)9-2-3-13-11(14-9)16-4-6-20-7-5-16/h2-3H,1,4-7H2,(H,15,18,19). The Morgan fingerprint density at radius 1 is 1.30 bits per heavy atom. The van der Waals surface area contributed by atoms with Crippen LogP contribution < -0.4 is 15.1 Å². The van der Waals surface area contributed by atoms with E-state index in [1.807, 2.05) is 4.90 Å². The number of carbonyl (C=O) groups excluding carboxylic acids is 2. The highest BCUT2D eigenvalue weighted by atomic mass is 16.5. The van der Waals surface area contributed by atoms with E-state index in [4.69, 9.17) is 4.74 Å². The summed E-state index contributed by atoms with van der Waals surface area (Å²) in [4.78, 5) is 34.8. The number of rotatable bonds is 2. The Bertz CT molecular complexity index is 582. The molecule has 0 saturated carbocycles. The molecule has 1 N–H and O–H groups in total. The van der Waals surface area contributed by atoms with Gasteiger partial charge in [-0.25, -0.2) is 14.7 Å². The molecule has 2 saturated heterocycles. The Morgan fingerprint density at radius 3 is 2.70 bits per heavy atom. The first kappa shape index (κ1) is 12.5. The molecule has 2 aliphatic rings. The van der Waals surface area contributed by atoms with Gasteiger partial charge in [-0.1, -0.05) is 6.58 Å². The number of imide groups is 1. The second-order valence-electron chi connectivity index (χ2n) is 4.36. The molecule has 104 valence electrons. The van der Waals surface area contributed by atoms with Gasteiger partial charge in [0.25, 0.3) is 5.91 Å². The van der Waals surface area contributed by atoms with E-state index < -0.39 is 11.9 Å². The Morgan fingerprint density at radius 2 is 2.05 bits per heavy atom. The van der Waals surface area contributed by atoms with Crippen molar-refractivity contribution in [2.75, 3.05) is 36.1 Å². The van der Waals surface area contributed by atoms with Gasteiger partial charge in [-0.15, -0.1) is 0 Å². The summed E-state index contributed by atoms with van der Waals surface area (Å²) in [6, 6.07) is 1.01. The predicted molar refractivity (Wildman–Crippen MR) is 70.2 cm³/mol. The first-order chi connectivity index (χ1) is 9.66. The van der Waals surface area contributed by atoms with Crippen LogP contribution in [-0.2, 0) is 9.53 Å². The van der Waals surface area contributed by atoms with Crippen LogP contribution in [0.2, 0.25) is 0 Å². The van der Waals surface area contributed by atoms with Gasteiger partial charge < -0.3 is 9.64 Å². The Kier molecular flexibility index (Phi) is 3.07. The minimum absolute atomic E-state index is 0.0571. The van der Waals surface area contributed by atoms with Crippen LogP contribution in [0.4, 0.5) is 16.6 Å². The van der Waals surface area contributed by atoms with Gasteiger partial charge in [-0.2, -0.15) is 4.98 Å². The zero-order valence-corrected chi connectivity index (χ0v) is 10.7. The molecule has 20 heavy (non-hydrogen) atoms. The number of nitrogens with one attached hydrogen (secondary N) is 1. The molecule has 0 bridgehead atoms. The molecule has 1 aromatic rings. The van der Waals surface area contributed by atoms with Gasteiger partial charge >= 0.3 is 6.03 Å². The smallest absolute Gasteiger partial charge is 0.334 e. The van der Waals surface area contributed by atoms with Gasteiger partial charge in [-0.05, 0) is 0 Å². The van der Waals surface area contributed by atoms with Gasteiger partial charge in [0.2, 0.25) is 5.95 Å². The fraction of sp³-hybridized carbons (Fsp3) is 0.333. The highest BCUT2D eigenvalue weighted by Crippen LogP contribution is 2.22. The Hall–Kier alpha value is -2.48. The average Bonchev–Trinajstić information content (AvgIpc) is 2.73. The number of morpholine rings is 1. The minimum Gasteiger partial charge on any atom is -0.378 e. The van der Waals surface area contributed by atoms with Crippen LogP contribution in [0.1, 0.15) is 0 Å². The van der Waals surface area contributed by atoms with E-state index in [2.05, 4.69) is 21.9 Å². The van der Waals surface area contributed by atoms with Crippen molar-refractivity contribution in [3.8, 4) is 0 Å². The summed E-state index contributed by atoms with van der Waals surface area (Å²) in [7, 11) is 0. The first-order valence-electron chi connectivity index (χ1n) is 6.17. The highest BCUT2D eigenvalue weighted by Gasteiger charge is 2.34. The summed E-state index contributed by atoms with van der Waals surface area (Å²) in [5.74, 6) is 0.321. The molecule has 0 aromatic carbocycles. The van der Waals surface area contributed by atoms with Gasteiger partial charge in [0, 0.05) is 25.4 Å². The molecule has 2 fully saturated rings. The number of hydrogen-bond acceptors (Lipinski definition) is 6. The molecular formula is C12H13N5O3. The lowest BCUT2D eigenvalue weighted by Gasteiger charge is -2.27. The summed E-state index contributed by atoms with van der Waals surface area (Å²) in [5, 5.41) is 2.17. The van der Waals surface area contributed by atoms with Crippen molar-refractivity contribution < 1.29 is 14.3 Å². The molecule has 3 rings (SSSR count). The number of anilines is 2. The van der Waals surface area contributed by atoms with E-state index in [9.17, 15) is 9.59 Å². The number of nitrogens with zero attached hydrogens (tertiary/aromatic N) is 4. The van der Waals surface area contributed by atoms with E-state index in [0.29, 0.717) is 38.1 Å². The zero-order chi connectivity index (χ0) is 14.1. The van der Waals surface area contributed by atoms with Crippen molar-refractivity contribution in [3.05, 3.63) is 24.5 Å². The quantitative estimate of drug-likeness (QED) is 0.598. The Labute approximate surface area is 115 Å². The van der Waals surface area contributed by atoms with Crippen molar-refractivity contribution in [2.45, 2.75) is 0 Å². The van der Waals surface area contributed by atoms with Crippen LogP contribution in [-0.4, -0.2) is 48.2 Å². The molecule has 0 aliphatic carbocycles. The van der Waals surface area contributed by atoms with Gasteiger partial charge in [0.15, 0.2) is 0 Å². The molecule has 8 nitrogen and oxygen atoms in total. The molecule has 0 radical (unpaired) electrons. The fourth-order valence-electron chi connectivity index (χ4n) is 2.07. The minimum atomic E-state index is -0.549. The highest BCUT2D eigenvalue weighted by molar-refractivity contribution is 6.20. The third kappa shape index (κ3) is 2.10. The van der Waals surface area contributed by atoms with Crippen LogP contribution in [0.3, 0.4) is 0 Å². The van der Waals surface area contributed by atoms with Crippen molar-refractivity contribution in [1.29, 1.82) is 0 Å². The van der Waals surface area contributed by atoms with Crippen molar-refractivity contribution in [2.24, 2.45) is 0 Å². The number of urea groups is 1. The van der Waals surface area contributed by atoms with Crippen LogP contribution >= 0.6 is 0 Å². The second kappa shape index (κ2) is 4.89. The lowest BCUT2D eigenvalue weighted by molar-refractivity contribution is -0.115. The normalized spacial score (nSPS) is 19.5. The maximum Gasteiger partial charge on any atom is 0.334 e. The summed E-state index contributed by atoms with van der Waals surface area (Å²) in [6.45, 7) is 6.19. The monoisotopic (exact) mass is 275 g/mol. The lowest BCUT2D eigenvalue weighted by atomic mass is 10.4. The largest absolute Gasteiger partial charge is 0.378 e. The SMILES string of the molecule is C=C1C(=O)NC(=O)N1c1ccnc(N2CCOCC2)n1. The number of aromatic nitrogens is 2. The number of hydrogen-bond donors (Lipinski definition) is 1. The maximum atomic E-state index is 11.7. The van der Waals surface area contributed by atoms with Crippen molar-refractivity contribution in [3.63, 3.8) is 0 Å². The molecule has 0 spiro atoms. The molecule has 3 amide bonds. The second-order valence-corrected chi connectivity index (χ2v) is 4.36.